The van der Waals surface area contributed by atoms with Crippen LogP contribution in [0.5, 0.6) is 0 Å². The van der Waals surface area contributed by atoms with E-state index in [9.17, 15) is 0 Å². The van der Waals surface area contributed by atoms with E-state index in [4.69, 9.17) is 9.97 Å². The maximum Gasteiger partial charge on any atom is 0.159 e. The van der Waals surface area contributed by atoms with E-state index < -0.39 is 0 Å². The van der Waals surface area contributed by atoms with E-state index in [0.717, 1.165) is 33.5 Å². The molecular formula is C29H19N5. The maximum absolute atomic E-state index is 4.70. The summed E-state index contributed by atoms with van der Waals surface area (Å²) in [5.74, 6) is 0.685. The van der Waals surface area contributed by atoms with E-state index in [2.05, 4.69) is 87.0 Å². The van der Waals surface area contributed by atoms with Crippen molar-refractivity contribution in [3.63, 3.8) is 0 Å². The normalized spacial score (nSPS) is 11.5. The number of para-hydroxylation sites is 2. The molecule has 0 unspecified atom stereocenters. The summed E-state index contributed by atoms with van der Waals surface area (Å²) in [5.41, 5.74) is 6.45. The number of pyridine rings is 1. The highest BCUT2D eigenvalue weighted by Gasteiger charge is 2.18. The highest BCUT2D eigenvalue weighted by atomic mass is 15.1. The van der Waals surface area contributed by atoms with E-state index in [-0.39, 0.29) is 0 Å². The van der Waals surface area contributed by atoms with E-state index in [1.165, 1.54) is 16.2 Å². The Morgan fingerprint density at radius 3 is 2.18 bits per heavy atom. The van der Waals surface area contributed by atoms with Crippen LogP contribution >= 0.6 is 0 Å². The van der Waals surface area contributed by atoms with Crippen molar-refractivity contribution in [1.82, 2.24) is 24.1 Å². The summed E-state index contributed by atoms with van der Waals surface area (Å²) in [6.45, 7) is 0. The van der Waals surface area contributed by atoms with Crippen molar-refractivity contribution in [2.75, 3.05) is 0 Å². The minimum Gasteiger partial charge on any atom is -0.315 e. The fraction of sp³-hybridized carbons (Fsp3) is 0. The van der Waals surface area contributed by atoms with Gasteiger partial charge < -0.3 is 9.13 Å². The minimum atomic E-state index is 0.685. The van der Waals surface area contributed by atoms with Crippen molar-refractivity contribution < 1.29 is 0 Å². The first-order chi connectivity index (χ1) is 16.9. The summed E-state index contributed by atoms with van der Waals surface area (Å²) in [6, 6.07) is 29.4. The molecule has 4 aromatic heterocycles. The molecule has 0 radical (unpaired) electrons. The van der Waals surface area contributed by atoms with Gasteiger partial charge in [0.15, 0.2) is 5.82 Å². The van der Waals surface area contributed by atoms with Crippen molar-refractivity contribution >= 4 is 32.7 Å². The van der Waals surface area contributed by atoms with Crippen LogP contribution in [0.2, 0.25) is 0 Å². The van der Waals surface area contributed by atoms with Gasteiger partial charge in [0.05, 0.1) is 34.6 Å². The lowest BCUT2D eigenvalue weighted by atomic mass is 10.1. The monoisotopic (exact) mass is 437 g/mol. The number of nitrogens with zero attached hydrogens (tertiary/aromatic N) is 5. The number of hydrogen-bond acceptors (Lipinski definition) is 3. The van der Waals surface area contributed by atoms with Gasteiger partial charge in [-0.2, -0.15) is 0 Å². The first kappa shape index (κ1) is 18.8. The molecule has 3 aromatic carbocycles. The van der Waals surface area contributed by atoms with Gasteiger partial charge in [0.1, 0.15) is 0 Å². The van der Waals surface area contributed by atoms with E-state index in [1.54, 1.807) is 12.4 Å². The molecule has 7 aromatic rings. The van der Waals surface area contributed by atoms with Crippen LogP contribution in [0.15, 0.2) is 116 Å². The summed E-state index contributed by atoms with van der Waals surface area (Å²) >= 11 is 0. The van der Waals surface area contributed by atoms with Crippen molar-refractivity contribution in [3.05, 3.63) is 116 Å². The fourth-order valence-corrected chi connectivity index (χ4v) is 4.83. The fourth-order valence-electron chi connectivity index (χ4n) is 4.83. The molecule has 0 aliphatic carbocycles. The molecule has 0 saturated carbocycles. The molecule has 0 N–H and O–H groups in total. The Morgan fingerprint density at radius 2 is 1.35 bits per heavy atom. The predicted octanol–water partition coefficient (Wildman–Crippen LogP) is 6.58. The molecule has 0 bridgehead atoms. The van der Waals surface area contributed by atoms with Crippen molar-refractivity contribution in [1.29, 1.82) is 0 Å². The Labute approximate surface area is 195 Å². The Hall–Kier alpha value is -4.77. The smallest absolute Gasteiger partial charge is 0.159 e. The number of hydrogen-bond donors (Lipinski definition) is 0. The molecular weight excluding hydrogens is 418 g/mol. The first-order valence-electron chi connectivity index (χ1n) is 11.2. The van der Waals surface area contributed by atoms with Gasteiger partial charge in [-0.25, -0.2) is 9.97 Å². The third-order valence-electron chi connectivity index (χ3n) is 6.35. The average molecular weight is 438 g/mol. The largest absolute Gasteiger partial charge is 0.315 e. The highest BCUT2D eigenvalue weighted by Crippen LogP contribution is 2.37. The Bertz CT molecular complexity index is 1780. The molecule has 0 aliphatic heterocycles. The van der Waals surface area contributed by atoms with Gasteiger partial charge in [-0.3, -0.25) is 4.98 Å². The lowest BCUT2D eigenvalue weighted by Crippen LogP contribution is -2.00. The Kier molecular flexibility index (Phi) is 4.08. The van der Waals surface area contributed by atoms with Crippen molar-refractivity contribution in [2.24, 2.45) is 0 Å². The maximum atomic E-state index is 4.70. The van der Waals surface area contributed by atoms with Gasteiger partial charge in [-0.15, -0.1) is 0 Å². The van der Waals surface area contributed by atoms with Crippen LogP contribution in [-0.4, -0.2) is 24.1 Å². The summed E-state index contributed by atoms with van der Waals surface area (Å²) < 4.78 is 4.54. The third kappa shape index (κ3) is 2.77. The van der Waals surface area contributed by atoms with Crippen LogP contribution in [0.3, 0.4) is 0 Å². The second-order valence-corrected chi connectivity index (χ2v) is 8.27. The van der Waals surface area contributed by atoms with Crippen molar-refractivity contribution in [3.8, 4) is 22.8 Å². The van der Waals surface area contributed by atoms with Gasteiger partial charge in [0.2, 0.25) is 0 Å². The predicted molar refractivity (Wildman–Crippen MR) is 136 cm³/mol. The van der Waals surface area contributed by atoms with Crippen LogP contribution in [-0.2, 0) is 0 Å². The summed E-state index contributed by atoms with van der Waals surface area (Å²) in [5, 5.41) is 3.60. The molecule has 0 atom stereocenters. The summed E-state index contributed by atoms with van der Waals surface area (Å²) in [6.07, 6.45) is 9.47. The second-order valence-electron chi connectivity index (χ2n) is 8.27. The number of benzene rings is 3. The van der Waals surface area contributed by atoms with E-state index in [0.29, 0.717) is 5.82 Å². The molecule has 5 nitrogen and oxygen atoms in total. The molecule has 0 fully saturated rings. The third-order valence-corrected chi connectivity index (χ3v) is 6.35. The average Bonchev–Trinajstić information content (AvgIpc) is 3.49. The van der Waals surface area contributed by atoms with Crippen LogP contribution in [0.25, 0.3) is 55.5 Å². The second kappa shape index (κ2) is 7.39. The zero-order chi connectivity index (χ0) is 22.5. The summed E-state index contributed by atoms with van der Waals surface area (Å²) in [7, 11) is 0. The molecule has 160 valence electrons. The van der Waals surface area contributed by atoms with Crippen LogP contribution < -0.4 is 0 Å². The summed E-state index contributed by atoms with van der Waals surface area (Å²) in [4.78, 5) is 13.5. The van der Waals surface area contributed by atoms with Gasteiger partial charge in [-0.1, -0.05) is 48.5 Å². The van der Waals surface area contributed by atoms with Crippen LogP contribution in [0.4, 0.5) is 0 Å². The standard InChI is InChI=1S/C29H19N5/c1-2-6-22(7-3-1)33-17-14-20-10-11-25-24-8-4-5-9-26(24)34(28(25)27(20)33)23-18-31-29(32-19-23)21-12-15-30-16-13-21/h1-19H. The highest BCUT2D eigenvalue weighted by molar-refractivity contribution is 6.18. The lowest BCUT2D eigenvalue weighted by Gasteiger charge is -2.11. The molecule has 4 heterocycles. The topological polar surface area (TPSA) is 48.5 Å². The quantitative estimate of drug-likeness (QED) is 0.314. The molecule has 34 heavy (non-hydrogen) atoms. The number of fused-ring (bicyclic) bond motifs is 5. The van der Waals surface area contributed by atoms with Crippen LogP contribution in [0, 0.1) is 0 Å². The zero-order valence-corrected chi connectivity index (χ0v) is 18.2. The van der Waals surface area contributed by atoms with Gasteiger partial charge in [0, 0.05) is 46.0 Å². The van der Waals surface area contributed by atoms with Crippen LogP contribution in [0.1, 0.15) is 0 Å². The van der Waals surface area contributed by atoms with E-state index >= 15 is 0 Å². The molecule has 0 amide bonds. The van der Waals surface area contributed by atoms with E-state index in [1.807, 2.05) is 30.6 Å². The molecule has 0 saturated heterocycles. The minimum absolute atomic E-state index is 0.685. The zero-order valence-electron chi connectivity index (χ0n) is 18.2. The number of aromatic nitrogens is 5. The molecule has 0 aliphatic rings. The van der Waals surface area contributed by atoms with Gasteiger partial charge >= 0.3 is 0 Å². The van der Waals surface area contributed by atoms with Gasteiger partial charge in [0.25, 0.3) is 0 Å². The molecule has 7 rings (SSSR count). The lowest BCUT2D eigenvalue weighted by molar-refractivity contribution is 1.07. The first-order valence-corrected chi connectivity index (χ1v) is 11.2. The Morgan fingerprint density at radius 1 is 0.588 bits per heavy atom. The Balaban J connectivity index is 1.55. The molecule has 0 spiro atoms. The van der Waals surface area contributed by atoms with Crippen molar-refractivity contribution in [2.45, 2.75) is 0 Å². The number of rotatable bonds is 3. The SMILES string of the molecule is c1ccc(-n2ccc3ccc4c5ccccc5n(-c5cnc(-c6ccncc6)nc5)c4c32)cc1. The molecule has 5 heteroatoms. The van der Waals surface area contributed by atoms with Gasteiger partial charge in [-0.05, 0) is 36.4 Å².